The fourth-order valence-corrected chi connectivity index (χ4v) is 8.67. The molecule has 278 valence electrons. The Morgan fingerprint density at radius 1 is 0.685 bits per heavy atom. The molecule has 0 aliphatic carbocycles. The van der Waals surface area contributed by atoms with Gasteiger partial charge in [0.15, 0.2) is 0 Å². The van der Waals surface area contributed by atoms with Gasteiger partial charge in [-0.25, -0.2) is 9.67 Å². The second-order valence-electron chi connectivity index (χ2n) is 15.9. The SMILES string of the molecule is CCCC(C)c1c(C)c(C)c(C)c([C@H](C)CCC)c1-c1cnn(-c2cc(Oc3ccc4c5ccccc5n(-c5cc(C)ccn5)c4c3)cc(C(C)C)c2)c1. The molecular formula is C49H56N4O. The topological polar surface area (TPSA) is 44.9 Å². The third-order valence-electron chi connectivity index (χ3n) is 11.6. The molecule has 0 saturated carbocycles. The number of hydrogen-bond donors (Lipinski definition) is 0. The molecule has 0 aliphatic heterocycles. The van der Waals surface area contributed by atoms with Gasteiger partial charge in [-0.3, -0.25) is 4.57 Å². The number of fused-ring (bicyclic) bond motifs is 3. The summed E-state index contributed by atoms with van der Waals surface area (Å²) < 4.78 is 11.1. The third kappa shape index (κ3) is 6.85. The van der Waals surface area contributed by atoms with E-state index in [-0.39, 0.29) is 0 Å². The molecule has 5 nitrogen and oxygen atoms in total. The molecule has 7 aromatic rings. The summed E-state index contributed by atoms with van der Waals surface area (Å²) >= 11 is 0. The predicted octanol–water partition coefficient (Wildman–Crippen LogP) is 14.0. The highest BCUT2D eigenvalue weighted by atomic mass is 16.5. The minimum absolute atomic E-state index is 0.310. The Labute approximate surface area is 322 Å². The number of hydrogen-bond acceptors (Lipinski definition) is 3. The first kappa shape index (κ1) is 37.2. The van der Waals surface area contributed by atoms with Crippen molar-refractivity contribution in [1.82, 2.24) is 19.3 Å². The van der Waals surface area contributed by atoms with E-state index in [2.05, 4.69) is 153 Å². The van der Waals surface area contributed by atoms with E-state index in [1.807, 2.05) is 16.9 Å². The standard InChI is InChI=1S/C49H56N4O/c1-11-15-32(6)47-35(9)34(8)36(10)48(33(7)16-12-2)49(47)38-28-51-52(29-38)39-24-37(30(3)4)25-41(26-39)54-40-19-20-43-42-17-13-14-18-44(42)53(45(43)27-40)46-23-31(5)21-22-50-46/h13-14,17-30,32-33H,11-12,15-16H2,1-10H3/t32-,33?/m1/s1. The van der Waals surface area contributed by atoms with E-state index < -0.39 is 0 Å². The molecule has 3 aromatic heterocycles. The maximum Gasteiger partial charge on any atom is 0.137 e. The number of benzene rings is 4. The van der Waals surface area contributed by atoms with Crippen molar-refractivity contribution in [3.05, 3.63) is 130 Å². The molecule has 0 bridgehead atoms. The zero-order valence-corrected chi connectivity index (χ0v) is 33.9. The van der Waals surface area contributed by atoms with Crippen LogP contribution in [-0.4, -0.2) is 19.3 Å². The fraction of sp³-hybridized carbons (Fsp3) is 0.347. The van der Waals surface area contributed by atoms with E-state index in [9.17, 15) is 0 Å². The molecule has 3 heterocycles. The molecule has 0 N–H and O–H groups in total. The van der Waals surface area contributed by atoms with E-state index in [4.69, 9.17) is 14.8 Å². The van der Waals surface area contributed by atoms with Crippen molar-refractivity contribution in [3.8, 4) is 34.1 Å². The second-order valence-corrected chi connectivity index (χ2v) is 15.9. The van der Waals surface area contributed by atoms with Crippen molar-refractivity contribution < 1.29 is 4.74 Å². The quantitative estimate of drug-likeness (QED) is 0.126. The summed E-state index contributed by atoms with van der Waals surface area (Å²) in [7, 11) is 0. The number of nitrogens with zero attached hydrogens (tertiary/aromatic N) is 4. The number of rotatable bonds is 12. The third-order valence-corrected chi connectivity index (χ3v) is 11.6. The summed E-state index contributed by atoms with van der Waals surface area (Å²) in [5.41, 5.74) is 15.4. The number of ether oxygens (including phenoxy) is 1. The first-order valence-electron chi connectivity index (χ1n) is 20.0. The Balaban J connectivity index is 1.33. The van der Waals surface area contributed by atoms with Crippen molar-refractivity contribution >= 4 is 21.8 Å². The largest absolute Gasteiger partial charge is 0.457 e. The summed E-state index contributed by atoms with van der Waals surface area (Å²) in [6, 6.07) is 25.6. The van der Waals surface area contributed by atoms with Gasteiger partial charge >= 0.3 is 0 Å². The van der Waals surface area contributed by atoms with Gasteiger partial charge < -0.3 is 4.74 Å². The zero-order valence-electron chi connectivity index (χ0n) is 33.9. The van der Waals surface area contributed by atoms with Crippen LogP contribution in [0.3, 0.4) is 0 Å². The van der Waals surface area contributed by atoms with Crippen LogP contribution in [0, 0.1) is 27.7 Å². The van der Waals surface area contributed by atoms with Gasteiger partial charge in [-0.05, 0) is 145 Å². The van der Waals surface area contributed by atoms with Crippen LogP contribution in [0.5, 0.6) is 11.5 Å². The van der Waals surface area contributed by atoms with Crippen molar-refractivity contribution in [2.75, 3.05) is 0 Å². The van der Waals surface area contributed by atoms with Crippen LogP contribution in [-0.2, 0) is 0 Å². The summed E-state index contributed by atoms with van der Waals surface area (Å²) in [6.45, 7) is 23.0. The zero-order chi connectivity index (χ0) is 38.3. The van der Waals surface area contributed by atoms with Gasteiger partial charge in [0.2, 0.25) is 0 Å². The Kier molecular flexibility index (Phi) is 10.5. The van der Waals surface area contributed by atoms with E-state index in [0.717, 1.165) is 59.7 Å². The van der Waals surface area contributed by atoms with Crippen LogP contribution >= 0.6 is 0 Å². The lowest BCUT2D eigenvalue weighted by molar-refractivity contribution is 0.481. The lowest BCUT2D eigenvalue weighted by Crippen LogP contribution is -2.10. The summed E-state index contributed by atoms with van der Waals surface area (Å²) in [6.07, 6.45) is 10.9. The van der Waals surface area contributed by atoms with Crippen LogP contribution in [0.15, 0.2) is 91.4 Å². The normalized spacial score (nSPS) is 12.9. The molecule has 54 heavy (non-hydrogen) atoms. The molecule has 0 fully saturated rings. The number of aryl methyl sites for hydroxylation is 1. The summed E-state index contributed by atoms with van der Waals surface area (Å²) in [5, 5.41) is 7.42. The molecule has 0 radical (unpaired) electrons. The highest BCUT2D eigenvalue weighted by molar-refractivity contribution is 6.09. The fourth-order valence-electron chi connectivity index (χ4n) is 8.67. The van der Waals surface area contributed by atoms with Gasteiger partial charge in [0.25, 0.3) is 0 Å². The minimum Gasteiger partial charge on any atom is -0.457 e. The van der Waals surface area contributed by atoms with Gasteiger partial charge in [-0.15, -0.1) is 0 Å². The average molecular weight is 717 g/mol. The van der Waals surface area contributed by atoms with Crippen LogP contribution < -0.4 is 4.74 Å². The molecule has 0 amide bonds. The Hall–Kier alpha value is -5.16. The lowest BCUT2D eigenvalue weighted by Gasteiger charge is -2.28. The average Bonchev–Trinajstić information content (AvgIpc) is 3.77. The molecule has 5 heteroatoms. The lowest BCUT2D eigenvalue weighted by atomic mass is 9.76. The molecule has 0 aliphatic rings. The first-order valence-corrected chi connectivity index (χ1v) is 20.0. The van der Waals surface area contributed by atoms with Crippen molar-refractivity contribution in [1.29, 1.82) is 0 Å². The van der Waals surface area contributed by atoms with Crippen LogP contribution in [0.25, 0.3) is 44.4 Å². The van der Waals surface area contributed by atoms with Gasteiger partial charge in [-0.2, -0.15) is 5.10 Å². The van der Waals surface area contributed by atoms with E-state index >= 15 is 0 Å². The Morgan fingerprint density at radius 2 is 1.37 bits per heavy atom. The molecule has 1 unspecified atom stereocenters. The van der Waals surface area contributed by atoms with Crippen molar-refractivity contribution in [2.45, 2.75) is 113 Å². The van der Waals surface area contributed by atoms with E-state index in [1.165, 1.54) is 60.8 Å². The molecule has 0 saturated heterocycles. The highest BCUT2D eigenvalue weighted by Gasteiger charge is 2.26. The van der Waals surface area contributed by atoms with Crippen molar-refractivity contribution in [3.63, 3.8) is 0 Å². The molecule has 2 atom stereocenters. The second kappa shape index (κ2) is 15.3. The number of para-hydroxylation sites is 1. The highest BCUT2D eigenvalue weighted by Crippen LogP contribution is 2.44. The minimum atomic E-state index is 0.310. The Bertz CT molecular complexity index is 2420. The van der Waals surface area contributed by atoms with Crippen LogP contribution in [0.2, 0.25) is 0 Å². The van der Waals surface area contributed by atoms with Gasteiger partial charge in [-0.1, -0.05) is 72.6 Å². The predicted molar refractivity (Wildman–Crippen MR) is 227 cm³/mol. The molecule has 0 spiro atoms. The van der Waals surface area contributed by atoms with Gasteiger partial charge in [0.05, 0.1) is 22.9 Å². The number of aromatic nitrogens is 4. The maximum absolute atomic E-state index is 6.77. The van der Waals surface area contributed by atoms with E-state index in [0.29, 0.717) is 17.8 Å². The van der Waals surface area contributed by atoms with Crippen LogP contribution in [0.1, 0.15) is 124 Å². The van der Waals surface area contributed by atoms with Gasteiger partial charge in [0, 0.05) is 40.9 Å². The Morgan fingerprint density at radius 3 is 2.04 bits per heavy atom. The van der Waals surface area contributed by atoms with E-state index in [1.54, 1.807) is 0 Å². The molecule has 4 aromatic carbocycles. The maximum atomic E-state index is 6.77. The summed E-state index contributed by atoms with van der Waals surface area (Å²) in [4.78, 5) is 4.77. The molecule has 7 rings (SSSR count). The number of pyridine rings is 1. The monoisotopic (exact) mass is 716 g/mol. The first-order chi connectivity index (χ1) is 26.0. The molecular weight excluding hydrogens is 661 g/mol. The van der Waals surface area contributed by atoms with Gasteiger partial charge in [0.1, 0.15) is 17.3 Å². The van der Waals surface area contributed by atoms with Crippen molar-refractivity contribution in [2.24, 2.45) is 0 Å². The van der Waals surface area contributed by atoms with Crippen LogP contribution in [0.4, 0.5) is 0 Å². The summed E-state index contributed by atoms with van der Waals surface area (Å²) in [5.74, 6) is 3.70. The smallest absolute Gasteiger partial charge is 0.137 e.